The van der Waals surface area contributed by atoms with E-state index in [1.807, 2.05) is 0 Å². The maximum absolute atomic E-state index is 13.7. The van der Waals surface area contributed by atoms with Crippen molar-refractivity contribution < 1.29 is 27.9 Å². The van der Waals surface area contributed by atoms with Gasteiger partial charge in [0.15, 0.2) is 5.78 Å². The van der Waals surface area contributed by atoms with Gasteiger partial charge in [-0.25, -0.2) is 13.6 Å². The topological polar surface area (TPSA) is 68.6 Å². The zero-order valence-electron chi connectivity index (χ0n) is 19.7. The van der Waals surface area contributed by atoms with Gasteiger partial charge in [0, 0.05) is 30.4 Å². The molecular formula is C26H26F2N2O4. The van der Waals surface area contributed by atoms with E-state index in [9.17, 15) is 23.2 Å². The lowest BCUT2D eigenvalue weighted by Gasteiger charge is -2.29. The Hall–Kier alpha value is -3.81. The molecule has 2 aromatic carbocycles. The van der Waals surface area contributed by atoms with E-state index in [0.717, 1.165) is 0 Å². The minimum absolute atomic E-state index is 0.0260. The van der Waals surface area contributed by atoms with E-state index in [4.69, 9.17) is 4.74 Å². The van der Waals surface area contributed by atoms with Crippen LogP contribution in [0.15, 0.2) is 48.5 Å². The SMILES string of the molecule is COC(=O)c1c(C)c(C(=O)[C@H](C)N(Cc2ccc(F)cc2)C(=O)c2ccc(F)cc2)c(C)n1C. The molecule has 6 nitrogen and oxygen atoms in total. The van der Waals surface area contributed by atoms with Crippen molar-refractivity contribution in [3.63, 3.8) is 0 Å². The summed E-state index contributed by atoms with van der Waals surface area (Å²) in [5.41, 5.74) is 2.43. The number of benzene rings is 2. The molecule has 178 valence electrons. The second kappa shape index (κ2) is 9.99. The number of ether oxygens (including phenoxy) is 1. The second-order valence-electron chi connectivity index (χ2n) is 8.09. The van der Waals surface area contributed by atoms with Crippen molar-refractivity contribution in [3.05, 3.63) is 93.8 Å². The summed E-state index contributed by atoms with van der Waals surface area (Å²) < 4.78 is 33.3. The lowest BCUT2D eigenvalue weighted by Crippen LogP contribution is -2.43. The molecule has 1 heterocycles. The van der Waals surface area contributed by atoms with Crippen molar-refractivity contribution in [2.24, 2.45) is 7.05 Å². The summed E-state index contributed by atoms with van der Waals surface area (Å²) in [6.07, 6.45) is 0. The molecule has 0 saturated heterocycles. The summed E-state index contributed by atoms with van der Waals surface area (Å²) >= 11 is 0. The van der Waals surface area contributed by atoms with Gasteiger partial charge in [-0.05, 0) is 68.3 Å². The number of ketones is 1. The third kappa shape index (κ3) is 4.76. The monoisotopic (exact) mass is 468 g/mol. The maximum Gasteiger partial charge on any atom is 0.354 e. The van der Waals surface area contributed by atoms with Gasteiger partial charge in [-0.15, -0.1) is 0 Å². The van der Waals surface area contributed by atoms with Crippen LogP contribution in [0.3, 0.4) is 0 Å². The number of carbonyl (C=O) groups excluding carboxylic acids is 3. The van der Waals surface area contributed by atoms with Gasteiger partial charge >= 0.3 is 5.97 Å². The van der Waals surface area contributed by atoms with Crippen molar-refractivity contribution in [2.75, 3.05) is 7.11 Å². The lowest BCUT2D eigenvalue weighted by molar-refractivity contribution is 0.0587. The van der Waals surface area contributed by atoms with Crippen LogP contribution in [0, 0.1) is 25.5 Å². The Morgan fingerprint density at radius 2 is 1.50 bits per heavy atom. The molecular weight excluding hydrogens is 442 g/mol. The first-order valence-electron chi connectivity index (χ1n) is 10.7. The van der Waals surface area contributed by atoms with Crippen LogP contribution < -0.4 is 0 Å². The Morgan fingerprint density at radius 3 is 2.03 bits per heavy atom. The van der Waals surface area contributed by atoms with E-state index in [2.05, 4.69) is 0 Å². The summed E-state index contributed by atoms with van der Waals surface area (Å²) in [4.78, 5) is 40.7. The predicted molar refractivity (Wildman–Crippen MR) is 123 cm³/mol. The van der Waals surface area contributed by atoms with Crippen LogP contribution in [0.2, 0.25) is 0 Å². The highest BCUT2D eigenvalue weighted by molar-refractivity contribution is 6.07. The molecule has 0 aliphatic rings. The summed E-state index contributed by atoms with van der Waals surface area (Å²) in [5, 5.41) is 0. The van der Waals surface area contributed by atoms with E-state index in [1.54, 1.807) is 32.4 Å². The first-order chi connectivity index (χ1) is 16.1. The Morgan fingerprint density at radius 1 is 0.971 bits per heavy atom. The number of Topliss-reactive ketones (excluding diaryl/α,β-unsaturated/α-hetero) is 1. The highest BCUT2D eigenvalue weighted by Gasteiger charge is 2.33. The molecule has 8 heteroatoms. The zero-order valence-corrected chi connectivity index (χ0v) is 19.7. The minimum Gasteiger partial charge on any atom is -0.464 e. The predicted octanol–water partition coefficient (Wildman–Crippen LogP) is 4.62. The van der Waals surface area contributed by atoms with Gasteiger partial charge in [0.2, 0.25) is 0 Å². The summed E-state index contributed by atoms with van der Waals surface area (Å²) in [6.45, 7) is 4.99. The number of aromatic nitrogens is 1. The number of methoxy groups -OCH3 is 1. The molecule has 1 aromatic heterocycles. The molecule has 0 aliphatic heterocycles. The van der Waals surface area contributed by atoms with Gasteiger partial charge < -0.3 is 14.2 Å². The molecule has 1 atom stereocenters. The number of hydrogen-bond acceptors (Lipinski definition) is 4. The Kier molecular flexibility index (Phi) is 7.29. The van der Waals surface area contributed by atoms with Crippen LogP contribution in [0.4, 0.5) is 8.78 Å². The van der Waals surface area contributed by atoms with Crippen LogP contribution in [-0.4, -0.2) is 40.3 Å². The Labute approximate surface area is 196 Å². The van der Waals surface area contributed by atoms with Crippen LogP contribution >= 0.6 is 0 Å². The lowest BCUT2D eigenvalue weighted by atomic mass is 9.98. The number of amides is 1. The van der Waals surface area contributed by atoms with Gasteiger partial charge in [0.05, 0.1) is 13.2 Å². The fraction of sp³-hybridized carbons (Fsp3) is 0.269. The molecule has 0 saturated carbocycles. The summed E-state index contributed by atoms with van der Waals surface area (Å²) in [5.74, 6) is -2.32. The highest BCUT2D eigenvalue weighted by Crippen LogP contribution is 2.26. The summed E-state index contributed by atoms with van der Waals surface area (Å²) in [7, 11) is 2.93. The van der Waals surface area contributed by atoms with Gasteiger partial charge in [-0.3, -0.25) is 9.59 Å². The van der Waals surface area contributed by atoms with E-state index in [-0.39, 0.29) is 23.6 Å². The third-order valence-electron chi connectivity index (χ3n) is 6.02. The van der Waals surface area contributed by atoms with E-state index >= 15 is 0 Å². The Bertz CT molecular complexity index is 1230. The first-order valence-corrected chi connectivity index (χ1v) is 10.7. The van der Waals surface area contributed by atoms with E-state index in [1.165, 1.54) is 60.5 Å². The molecule has 0 radical (unpaired) electrons. The third-order valence-corrected chi connectivity index (χ3v) is 6.02. The highest BCUT2D eigenvalue weighted by atomic mass is 19.1. The largest absolute Gasteiger partial charge is 0.464 e. The fourth-order valence-electron chi connectivity index (χ4n) is 4.01. The molecule has 0 aliphatic carbocycles. The van der Waals surface area contributed by atoms with Crippen molar-refractivity contribution in [1.82, 2.24) is 9.47 Å². The number of rotatable bonds is 7. The number of halogens is 2. The molecule has 34 heavy (non-hydrogen) atoms. The smallest absolute Gasteiger partial charge is 0.354 e. The van der Waals surface area contributed by atoms with Crippen LogP contribution in [-0.2, 0) is 18.3 Å². The van der Waals surface area contributed by atoms with Crippen molar-refractivity contribution in [3.8, 4) is 0 Å². The number of nitrogens with zero attached hydrogens (tertiary/aromatic N) is 2. The summed E-state index contributed by atoms with van der Waals surface area (Å²) in [6, 6.07) is 9.72. The Balaban J connectivity index is 2.04. The molecule has 0 spiro atoms. The standard InChI is InChI=1S/C26H26F2N2O4/c1-15-22(16(2)29(4)23(15)26(33)34-5)24(31)17(3)30(14-18-6-10-20(27)11-7-18)25(32)19-8-12-21(28)13-9-19/h6-13,17H,14H2,1-5H3/t17-/m0/s1. The quantitative estimate of drug-likeness (QED) is 0.375. The maximum atomic E-state index is 13.7. The number of hydrogen-bond donors (Lipinski definition) is 0. The number of carbonyl (C=O) groups is 3. The molecule has 3 rings (SSSR count). The van der Waals surface area contributed by atoms with Crippen LogP contribution in [0.5, 0.6) is 0 Å². The second-order valence-corrected chi connectivity index (χ2v) is 8.09. The van der Waals surface area contributed by atoms with Gasteiger partial charge in [0.25, 0.3) is 5.91 Å². The molecule has 0 unspecified atom stereocenters. The molecule has 1 amide bonds. The minimum atomic E-state index is -0.937. The molecule has 3 aromatic rings. The van der Waals surface area contributed by atoms with Crippen molar-refractivity contribution in [2.45, 2.75) is 33.4 Å². The van der Waals surface area contributed by atoms with E-state index < -0.39 is 29.6 Å². The van der Waals surface area contributed by atoms with Gasteiger partial charge in [0.1, 0.15) is 17.3 Å². The first kappa shape index (κ1) is 24.8. The van der Waals surface area contributed by atoms with Crippen molar-refractivity contribution in [1.29, 1.82) is 0 Å². The van der Waals surface area contributed by atoms with Crippen LogP contribution in [0.1, 0.15) is 54.9 Å². The van der Waals surface area contributed by atoms with Gasteiger partial charge in [-0.2, -0.15) is 0 Å². The molecule has 0 fully saturated rings. The number of esters is 1. The zero-order chi connectivity index (χ0) is 25.2. The fourth-order valence-corrected chi connectivity index (χ4v) is 4.01. The molecule has 0 bridgehead atoms. The van der Waals surface area contributed by atoms with Crippen molar-refractivity contribution >= 4 is 17.7 Å². The average Bonchev–Trinajstić information content (AvgIpc) is 3.05. The molecule has 0 N–H and O–H groups in total. The average molecular weight is 469 g/mol. The normalized spacial score (nSPS) is 11.7. The van der Waals surface area contributed by atoms with Gasteiger partial charge in [-0.1, -0.05) is 12.1 Å². The van der Waals surface area contributed by atoms with Crippen LogP contribution in [0.25, 0.3) is 0 Å². The van der Waals surface area contributed by atoms with E-state index in [0.29, 0.717) is 22.4 Å².